The molecule has 0 amide bonds. The van der Waals surface area contributed by atoms with E-state index in [0.29, 0.717) is 11.1 Å². The van der Waals surface area contributed by atoms with Crippen molar-refractivity contribution in [3.05, 3.63) is 74.5 Å². The summed E-state index contributed by atoms with van der Waals surface area (Å²) in [6.07, 6.45) is 0. The molecule has 0 aliphatic heterocycles. The predicted octanol–water partition coefficient (Wildman–Crippen LogP) is 5.38. The summed E-state index contributed by atoms with van der Waals surface area (Å²) in [5.41, 5.74) is 1.32. The van der Waals surface area contributed by atoms with Gasteiger partial charge >= 0.3 is 164 Å². The van der Waals surface area contributed by atoms with Crippen LogP contribution in [0, 0.1) is 2.69 Å². The van der Waals surface area contributed by atoms with Crippen molar-refractivity contribution in [2.45, 2.75) is 8.42 Å². The number of hydrogen-bond donors (Lipinski definition) is 0. The van der Waals surface area contributed by atoms with Crippen LogP contribution in [0.2, 0.25) is 0 Å². The molecule has 7 heteroatoms. The van der Waals surface area contributed by atoms with Gasteiger partial charge in [-0.3, -0.25) is 0 Å². The summed E-state index contributed by atoms with van der Waals surface area (Å²) in [4.78, 5) is 24.8. The Morgan fingerprint density at radius 1 is 0.708 bits per heavy atom. The van der Waals surface area contributed by atoms with Gasteiger partial charge in [0.2, 0.25) is 0 Å². The molecule has 0 fully saturated rings. The van der Waals surface area contributed by atoms with Crippen LogP contribution in [0.3, 0.4) is 0 Å². The topological polar surface area (TPSA) is 34.1 Å². The van der Waals surface area contributed by atoms with Crippen LogP contribution in [0.5, 0.6) is 0 Å². The van der Waals surface area contributed by atoms with Gasteiger partial charge in [0.15, 0.2) is 0 Å². The van der Waals surface area contributed by atoms with Gasteiger partial charge < -0.3 is 0 Å². The molecule has 3 aromatic rings. The Hall–Kier alpha value is -0.951. The second-order valence-electron chi connectivity index (χ2n) is 4.54. The number of thioether (sulfide) groups is 2. The Kier molecular flexibility index (Phi) is 6.27. The van der Waals surface area contributed by atoms with E-state index >= 15 is 0 Å². The molecule has 0 bridgehead atoms. The Morgan fingerprint density at radius 3 is 1.46 bits per heavy atom. The van der Waals surface area contributed by atoms with Gasteiger partial charge in [0.1, 0.15) is 0 Å². The second kappa shape index (κ2) is 8.43. The van der Waals surface area contributed by atoms with Crippen molar-refractivity contribution in [1.82, 2.24) is 0 Å². The fraction of sp³-hybridized carbons (Fsp3) is 0. The van der Waals surface area contributed by atoms with Crippen LogP contribution in [0.25, 0.3) is 0 Å². The minimum absolute atomic E-state index is 0.0151. The number of carbonyl (C=O) groups is 2. The molecular formula is C17H10O2S4Se. The molecule has 3 rings (SSSR count). The van der Waals surface area contributed by atoms with Gasteiger partial charge in [-0.2, -0.15) is 0 Å². The zero-order valence-electron chi connectivity index (χ0n) is 12.1. The molecule has 24 heavy (non-hydrogen) atoms. The van der Waals surface area contributed by atoms with E-state index in [1.165, 1.54) is 46.2 Å². The third-order valence-electron chi connectivity index (χ3n) is 2.91. The minimum atomic E-state index is -0.0151. The van der Waals surface area contributed by atoms with Crippen molar-refractivity contribution in [3.8, 4) is 0 Å². The number of carbonyl (C=O) groups excluding carboxylic acids is 2. The SMILES string of the molecule is O=C(Sc1sc(=[Se])sc1SC(=O)c1ccccc1)c1ccccc1. The maximum absolute atomic E-state index is 12.4. The molecule has 0 atom stereocenters. The van der Waals surface area contributed by atoms with E-state index in [2.05, 4.69) is 15.6 Å². The monoisotopic (exact) mass is 454 g/mol. The average molecular weight is 453 g/mol. The van der Waals surface area contributed by atoms with Crippen LogP contribution >= 0.6 is 46.2 Å². The van der Waals surface area contributed by atoms with Crippen LogP contribution in [0.1, 0.15) is 20.7 Å². The Morgan fingerprint density at radius 2 is 1.08 bits per heavy atom. The molecule has 2 nitrogen and oxygen atoms in total. The number of rotatable bonds is 4. The normalized spacial score (nSPS) is 10.5. The van der Waals surface area contributed by atoms with Crippen LogP contribution in [0.4, 0.5) is 0 Å². The Bertz CT molecular complexity index is 843. The molecule has 0 saturated carbocycles. The first-order valence-corrected chi connectivity index (χ1v) is 10.9. The van der Waals surface area contributed by atoms with Crippen LogP contribution in [-0.4, -0.2) is 25.8 Å². The zero-order chi connectivity index (χ0) is 16.9. The Balaban J connectivity index is 1.80. The standard InChI is InChI=1S/C17H10O2S4Se/c18-13(11-7-3-1-4-8-11)20-15-16(23-17(24)22-15)21-14(19)12-9-5-2-6-10-12/h1-10H. The predicted molar refractivity (Wildman–Crippen MR) is 104 cm³/mol. The fourth-order valence-corrected chi connectivity index (χ4v) is 8.33. The molecule has 0 saturated heterocycles. The quantitative estimate of drug-likeness (QED) is 0.393. The van der Waals surface area contributed by atoms with Crippen LogP contribution in [-0.2, 0) is 0 Å². The van der Waals surface area contributed by atoms with E-state index in [4.69, 9.17) is 0 Å². The van der Waals surface area contributed by atoms with Crippen molar-refractivity contribution in [1.29, 1.82) is 0 Å². The summed E-state index contributed by atoms with van der Waals surface area (Å²) >= 11 is 8.35. The third kappa shape index (κ3) is 4.57. The van der Waals surface area contributed by atoms with Crippen LogP contribution in [0.15, 0.2) is 69.1 Å². The van der Waals surface area contributed by atoms with Gasteiger partial charge in [-0.1, -0.05) is 0 Å². The third-order valence-corrected chi connectivity index (χ3v) is 8.71. The summed E-state index contributed by atoms with van der Waals surface area (Å²) in [6.45, 7) is 0. The molecule has 0 radical (unpaired) electrons. The molecular weight excluding hydrogens is 443 g/mol. The van der Waals surface area contributed by atoms with E-state index < -0.39 is 0 Å². The van der Waals surface area contributed by atoms with Crippen molar-refractivity contribution < 1.29 is 9.59 Å². The molecule has 0 N–H and O–H groups in total. The van der Waals surface area contributed by atoms with Crippen molar-refractivity contribution in [2.24, 2.45) is 0 Å². The molecule has 1 heterocycles. The first-order valence-electron chi connectivity index (χ1n) is 6.82. The summed E-state index contributed by atoms with van der Waals surface area (Å²) in [7, 11) is 0. The maximum atomic E-state index is 12.4. The van der Waals surface area contributed by atoms with Gasteiger partial charge in [-0.15, -0.1) is 0 Å². The fourth-order valence-electron chi connectivity index (χ4n) is 1.82. The van der Waals surface area contributed by atoms with Gasteiger partial charge in [-0.25, -0.2) is 0 Å². The first-order chi connectivity index (χ1) is 11.6. The molecule has 0 aliphatic carbocycles. The Labute approximate surface area is 163 Å². The van der Waals surface area contributed by atoms with E-state index in [1.807, 2.05) is 36.4 Å². The molecule has 0 aliphatic rings. The van der Waals surface area contributed by atoms with Crippen molar-refractivity contribution in [2.75, 3.05) is 0 Å². The zero-order valence-corrected chi connectivity index (χ0v) is 17.1. The van der Waals surface area contributed by atoms with Gasteiger partial charge in [-0.05, 0) is 0 Å². The molecule has 1 aromatic heterocycles. The van der Waals surface area contributed by atoms with E-state index in [-0.39, 0.29) is 10.2 Å². The molecule has 120 valence electrons. The van der Waals surface area contributed by atoms with E-state index in [1.54, 1.807) is 24.3 Å². The number of benzene rings is 2. The van der Waals surface area contributed by atoms with Crippen molar-refractivity contribution in [3.63, 3.8) is 0 Å². The number of hydrogen-bond acceptors (Lipinski definition) is 6. The molecule has 0 spiro atoms. The van der Waals surface area contributed by atoms with Gasteiger partial charge in [0.25, 0.3) is 0 Å². The molecule has 0 unspecified atom stereocenters. The summed E-state index contributed by atoms with van der Waals surface area (Å²) in [5.74, 6) is 0. The van der Waals surface area contributed by atoms with E-state index in [0.717, 1.165) is 11.1 Å². The average Bonchev–Trinajstić information content (AvgIpc) is 2.95. The van der Waals surface area contributed by atoms with Crippen LogP contribution < -0.4 is 0 Å². The summed E-state index contributed by atoms with van der Waals surface area (Å²) in [6, 6.07) is 18.3. The summed E-state index contributed by atoms with van der Waals surface area (Å²) in [5, 5.41) is -0.0303. The first kappa shape index (κ1) is 17.9. The van der Waals surface area contributed by atoms with Crippen molar-refractivity contribution >= 4 is 72.0 Å². The van der Waals surface area contributed by atoms with E-state index in [9.17, 15) is 9.59 Å². The molecule has 2 aromatic carbocycles. The second-order valence-corrected chi connectivity index (χ2v) is 11.3. The summed E-state index contributed by atoms with van der Waals surface area (Å²) < 4.78 is 2.72. The van der Waals surface area contributed by atoms with Gasteiger partial charge in [0.05, 0.1) is 0 Å². The van der Waals surface area contributed by atoms with Gasteiger partial charge in [0, 0.05) is 0 Å².